The zero-order valence-electron chi connectivity index (χ0n) is 22.9. The molecule has 2 aromatic heterocycles. The fourth-order valence-corrected chi connectivity index (χ4v) is 5.08. The van der Waals surface area contributed by atoms with Crippen molar-refractivity contribution in [3.8, 4) is 0 Å². The number of fused-ring (bicyclic) bond motifs is 1. The number of benzene rings is 2. The zero-order valence-corrected chi connectivity index (χ0v) is 22.9. The van der Waals surface area contributed by atoms with Crippen LogP contribution in [0.15, 0.2) is 66.9 Å². The minimum atomic E-state index is -0.618. The van der Waals surface area contributed by atoms with E-state index in [-0.39, 0.29) is 35.9 Å². The van der Waals surface area contributed by atoms with Crippen LogP contribution in [0.25, 0.3) is 23.1 Å². The fraction of sp³-hybridized carbons (Fsp3) is 0.258. The average Bonchev–Trinajstić information content (AvgIpc) is 3.63. The minimum absolute atomic E-state index is 0.123. The highest BCUT2D eigenvalue weighted by Crippen LogP contribution is 2.23. The summed E-state index contributed by atoms with van der Waals surface area (Å²) in [5.41, 5.74) is 3.47. The Morgan fingerprint density at radius 1 is 1.10 bits per heavy atom. The first-order chi connectivity index (χ1) is 19.8. The number of hydrogen-bond acceptors (Lipinski definition) is 5. The maximum absolute atomic E-state index is 13.4. The molecule has 5 rings (SSSR count). The molecular weight excluding hydrogens is 523 g/mol. The molecule has 1 aliphatic rings. The number of rotatable bonds is 8. The highest BCUT2D eigenvalue weighted by Gasteiger charge is 2.34. The molecule has 10 heteroatoms. The van der Waals surface area contributed by atoms with Crippen molar-refractivity contribution in [1.29, 1.82) is 0 Å². The van der Waals surface area contributed by atoms with E-state index < -0.39 is 11.9 Å². The molecule has 2 atom stereocenters. The van der Waals surface area contributed by atoms with Crippen molar-refractivity contribution in [2.75, 3.05) is 13.1 Å². The van der Waals surface area contributed by atoms with Crippen molar-refractivity contribution in [3.63, 3.8) is 0 Å². The van der Waals surface area contributed by atoms with Crippen molar-refractivity contribution >= 4 is 40.8 Å². The lowest BCUT2D eigenvalue weighted by atomic mass is 10.00. The van der Waals surface area contributed by atoms with Gasteiger partial charge in [0.05, 0.1) is 23.8 Å². The van der Waals surface area contributed by atoms with E-state index in [1.165, 1.54) is 29.2 Å². The summed E-state index contributed by atoms with van der Waals surface area (Å²) in [6.07, 6.45) is 6.94. The van der Waals surface area contributed by atoms with Gasteiger partial charge in [-0.1, -0.05) is 36.4 Å². The highest BCUT2D eigenvalue weighted by molar-refractivity contribution is 5.97. The fourth-order valence-electron chi connectivity index (χ4n) is 5.08. The van der Waals surface area contributed by atoms with Gasteiger partial charge >= 0.3 is 0 Å². The Morgan fingerprint density at radius 3 is 2.73 bits per heavy atom. The molecule has 41 heavy (non-hydrogen) atoms. The van der Waals surface area contributed by atoms with E-state index in [2.05, 4.69) is 20.7 Å². The molecule has 0 radical (unpaired) electrons. The Hall–Kier alpha value is -4.86. The number of likely N-dealkylation sites (tertiary alicyclic amines) is 1. The zero-order chi connectivity index (χ0) is 28.9. The van der Waals surface area contributed by atoms with E-state index in [1.54, 1.807) is 16.9 Å². The van der Waals surface area contributed by atoms with Crippen LogP contribution in [0.4, 0.5) is 4.39 Å². The lowest BCUT2D eigenvalue weighted by Crippen LogP contribution is -2.49. The quantitative estimate of drug-likeness (QED) is 0.344. The van der Waals surface area contributed by atoms with Crippen LogP contribution >= 0.6 is 0 Å². The number of halogens is 1. The molecule has 0 aliphatic carbocycles. The summed E-state index contributed by atoms with van der Waals surface area (Å²) in [6, 6.07) is 16.0. The lowest BCUT2D eigenvalue weighted by Gasteiger charge is -2.26. The Balaban J connectivity index is 1.20. The molecule has 0 saturated carbocycles. The van der Waals surface area contributed by atoms with Crippen LogP contribution in [0.3, 0.4) is 0 Å². The van der Waals surface area contributed by atoms with Crippen molar-refractivity contribution < 1.29 is 18.8 Å². The molecule has 210 valence electrons. The predicted octanol–water partition coefficient (Wildman–Crippen LogP) is 3.88. The summed E-state index contributed by atoms with van der Waals surface area (Å²) in [5.74, 6) is -1.48. The molecule has 0 spiro atoms. The number of nitrogens with zero attached hydrogens (tertiary/aromatic N) is 4. The van der Waals surface area contributed by atoms with Crippen molar-refractivity contribution in [2.45, 2.75) is 31.8 Å². The molecule has 4 aromatic rings. The van der Waals surface area contributed by atoms with Crippen LogP contribution in [-0.4, -0.2) is 56.5 Å². The molecule has 9 nitrogen and oxygen atoms in total. The molecule has 2 N–H and O–H groups in total. The SMILES string of the molecule is C[C@H](NC(=O)C1CCCN1C(=O)CNC(=O)c1ccc2cc(F)ccc2n1)c1ccccc1/C=C/c1ccnn1C. The summed E-state index contributed by atoms with van der Waals surface area (Å²) < 4.78 is 15.2. The number of aromatic nitrogens is 3. The van der Waals surface area contributed by atoms with Gasteiger partial charge in [0, 0.05) is 25.2 Å². The molecule has 1 fully saturated rings. The van der Waals surface area contributed by atoms with Gasteiger partial charge in [-0.25, -0.2) is 9.37 Å². The first-order valence-electron chi connectivity index (χ1n) is 13.5. The minimum Gasteiger partial charge on any atom is -0.348 e. The number of amides is 3. The van der Waals surface area contributed by atoms with Crippen molar-refractivity contribution in [2.24, 2.45) is 7.05 Å². The maximum Gasteiger partial charge on any atom is 0.270 e. The van der Waals surface area contributed by atoms with Gasteiger partial charge in [0.2, 0.25) is 11.8 Å². The topological polar surface area (TPSA) is 109 Å². The molecular formula is C31H31FN6O3. The second-order valence-corrected chi connectivity index (χ2v) is 10.0. The third-order valence-corrected chi connectivity index (χ3v) is 7.27. The summed E-state index contributed by atoms with van der Waals surface area (Å²) >= 11 is 0. The molecule has 1 unspecified atom stereocenters. The van der Waals surface area contributed by atoms with Gasteiger partial charge in [0.1, 0.15) is 17.6 Å². The van der Waals surface area contributed by atoms with E-state index in [0.717, 1.165) is 16.8 Å². The van der Waals surface area contributed by atoms with Crippen molar-refractivity contribution in [1.82, 2.24) is 30.3 Å². The lowest BCUT2D eigenvalue weighted by molar-refractivity contribution is -0.137. The van der Waals surface area contributed by atoms with Crippen LogP contribution in [0.2, 0.25) is 0 Å². The Kier molecular flexibility index (Phi) is 8.19. The number of carbonyl (C=O) groups is 3. The van der Waals surface area contributed by atoms with Gasteiger partial charge in [-0.05, 0) is 67.3 Å². The normalized spacial score (nSPS) is 15.8. The summed E-state index contributed by atoms with van der Waals surface area (Å²) in [5, 5.41) is 10.4. The van der Waals surface area contributed by atoms with E-state index in [4.69, 9.17) is 0 Å². The largest absolute Gasteiger partial charge is 0.348 e. The van der Waals surface area contributed by atoms with Gasteiger partial charge in [-0.3, -0.25) is 19.1 Å². The van der Waals surface area contributed by atoms with Gasteiger partial charge < -0.3 is 15.5 Å². The maximum atomic E-state index is 13.4. The average molecular weight is 555 g/mol. The third-order valence-electron chi connectivity index (χ3n) is 7.27. The molecule has 2 aromatic carbocycles. The second-order valence-electron chi connectivity index (χ2n) is 10.0. The van der Waals surface area contributed by atoms with Crippen LogP contribution in [-0.2, 0) is 16.6 Å². The highest BCUT2D eigenvalue weighted by atomic mass is 19.1. The first kappa shape index (κ1) is 27.7. The Bertz CT molecular complexity index is 1630. The second kappa shape index (κ2) is 12.1. The van der Waals surface area contributed by atoms with Crippen LogP contribution in [0, 0.1) is 5.82 Å². The van der Waals surface area contributed by atoms with E-state index in [9.17, 15) is 18.8 Å². The summed E-state index contributed by atoms with van der Waals surface area (Å²) in [7, 11) is 1.87. The summed E-state index contributed by atoms with van der Waals surface area (Å²) in [4.78, 5) is 44.8. The van der Waals surface area contributed by atoms with E-state index >= 15 is 0 Å². The van der Waals surface area contributed by atoms with Gasteiger partial charge in [0.25, 0.3) is 5.91 Å². The number of aryl methyl sites for hydroxylation is 1. The van der Waals surface area contributed by atoms with Crippen LogP contribution in [0.1, 0.15) is 53.1 Å². The Morgan fingerprint density at radius 2 is 1.93 bits per heavy atom. The van der Waals surface area contributed by atoms with E-state index in [0.29, 0.717) is 30.3 Å². The van der Waals surface area contributed by atoms with Crippen molar-refractivity contribution in [3.05, 3.63) is 95.2 Å². The van der Waals surface area contributed by atoms with Gasteiger partial charge in [0.15, 0.2) is 0 Å². The van der Waals surface area contributed by atoms with E-state index in [1.807, 2.05) is 56.5 Å². The monoisotopic (exact) mass is 554 g/mol. The molecule has 3 heterocycles. The number of pyridine rings is 1. The van der Waals surface area contributed by atoms with Gasteiger partial charge in [-0.2, -0.15) is 5.10 Å². The Labute approximate surface area is 237 Å². The molecule has 0 bridgehead atoms. The van der Waals surface area contributed by atoms with Gasteiger partial charge in [-0.15, -0.1) is 0 Å². The molecule has 3 amide bonds. The number of hydrogen-bond donors (Lipinski definition) is 2. The third kappa shape index (κ3) is 6.32. The summed E-state index contributed by atoms with van der Waals surface area (Å²) in [6.45, 7) is 2.09. The molecule has 1 saturated heterocycles. The van der Waals surface area contributed by atoms with Crippen LogP contribution < -0.4 is 10.6 Å². The standard InChI is InChI=1S/C31H31FN6O3/c1-20(25-7-4-3-6-21(25)9-12-24-15-16-34-37(24)2)35-31(41)28-8-5-17-38(28)29(39)19-33-30(40)27-13-10-22-18-23(32)11-14-26(22)36-27/h3-4,6-7,9-16,18,20,28H,5,8,17,19H2,1-2H3,(H,33,40)(H,35,41)/b12-9+/t20-,28?/m0/s1. The number of nitrogens with one attached hydrogen (secondary N) is 2. The molecule has 1 aliphatic heterocycles. The van der Waals surface area contributed by atoms with Crippen LogP contribution in [0.5, 0.6) is 0 Å². The first-order valence-corrected chi connectivity index (χ1v) is 13.5. The number of carbonyl (C=O) groups excluding carboxylic acids is 3. The smallest absolute Gasteiger partial charge is 0.270 e. The predicted molar refractivity (Wildman–Crippen MR) is 154 cm³/mol.